The maximum absolute atomic E-state index is 10.1. The zero-order valence-electron chi connectivity index (χ0n) is 16.0. The van der Waals surface area contributed by atoms with E-state index in [1.807, 2.05) is 31.3 Å². The highest BCUT2D eigenvalue weighted by Crippen LogP contribution is 2.28. The quantitative estimate of drug-likeness (QED) is 0.387. The predicted molar refractivity (Wildman–Crippen MR) is 113 cm³/mol. The Morgan fingerprint density at radius 2 is 2.11 bits per heavy atom. The molecule has 0 radical (unpaired) electrons. The second kappa shape index (κ2) is 8.00. The number of aromatic nitrogens is 2. The molecule has 28 heavy (non-hydrogen) atoms. The summed E-state index contributed by atoms with van der Waals surface area (Å²) in [6, 6.07) is 14.1. The number of aliphatic hydroxyl groups excluding tert-OH is 1. The second-order valence-corrected chi connectivity index (χ2v) is 7.35. The number of fused-ring (bicyclic) bond motifs is 1. The lowest BCUT2D eigenvalue weighted by Gasteiger charge is -2.23. The molecular formula is C21H26N6O. The predicted octanol–water partition coefficient (Wildman–Crippen LogP) is 2.88. The molecule has 1 fully saturated rings. The Morgan fingerprint density at radius 3 is 2.89 bits per heavy atom. The number of nitrogen functional groups attached to an aromatic ring is 1. The summed E-state index contributed by atoms with van der Waals surface area (Å²) < 4.78 is 0. The molecule has 0 aliphatic heterocycles. The zero-order chi connectivity index (χ0) is 19.5. The van der Waals surface area contributed by atoms with Gasteiger partial charge in [-0.05, 0) is 55.2 Å². The molecule has 7 heteroatoms. The van der Waals surface area contributed by atoms with Crippen LogP contribution in [-0.4, -0.2) is 34.3 Å². The first-order valence-corrected chi connectivity index (χ1v) is 9.61. The normalized spacial score (nSPS) is 19.0. The van der Waals surface area contributed by atoms with E-state index in [2.05, 4.69) is 38.8 Å². The van der Waals surface area contributed by atoms with Crippen LogP contribution in [-0.2, 0) is 6.54 Å². The third-order valence-corrected chi connectivity index (χ3v) is 5.29. The van der Waals surface area contributed by atoms with Crippen molar-refractivity contribution in [1.82, 2.24) is 9.97 Å². The first-order valence-electron chi connectivity index (χ1n) is 9.61. The van der Waals surface area contributed by atoms with Gasteiger partial charge in [0.05, 0.1) is 23.3 Å². The maximum atomic E-state index is 10.1. The molecule has 0 unspecified atom stereocenters. The number of nitrogens with zero attached hydrogens (tertiary/aromatic N) is 3. The van der Waals surface area contributed by atoms with Gasteiger partial charge in [0, 0.05) is 25.2 Å². The summed E-state index contributed by atoms with van der Waals surface area (Å²) in [5.74, 6) is 7.21. The highest BCUT2D eigenvalue weighted by molar-refractivity contribution is 5.79. The molecule has 1 aromatic carbocycles. The smallest absolute Gasteiger partial charge is 0.155 e. The monoisotopic (exact) mass is 378 g/mol. The summed E-state index contributed by atoms with van der Waals surface area (Å²) in [4.78, 5) is 11.2. The molecule has 0 spiro atoms. The lowest BCUT2D eigenvalue weighted by atomic mass is 10.1. The zero-order valence-corrected chi connectivity index (χ0v) is 16.0. The first kappa shape index (κ1) is 18.5. The Hall–Kier alpha value is -2.90. The van der Waals surface area contributed by atoms with Crippen LogP contribution in [0.15, 0.2) is 48.7 Å². The fourth-order valence-electron chi connectivity index (χ4n) is 3.80. The van der Waals surface area contributed by atoms with Crippen LogP contribution in [0, 0.1) is 0 Å². The van der Waals surface area contributed by atoms with Crippen molar-refractivity contribution in [1.29, 1.82) is 0 Å². The first-order chi connectivity index (χ1) is 13.6. The summed E-state index contributed by atoms with van der Waals surface area (Å²) in [5.41, 5.74) is 5.63. The highest BCUT2D eigenvalue weighted by Gasteiger charge is 2.25. The number of pyridine rings is 2. The van der Waals surface area contributed by atoms with Crippen LogP contribution in [0.2, 0.25) is 0 Å². The Labute approximate surface area is 164 Å². The molecule has 0 saturated heterocycles. The van der Waals surface area contributed by atoms with E-state index < -0.39 is 0 Å². The number of nitrogens with two attached hydrogens (primary N) is 1. The molecule has 3 aromatic rings. The second-order valence-electron chi connectivity index (χ2n) is 7.35. The van der Waals surface area contributed by atoms with Gasteiger partial charge in [-0.3, -0.25) is 10.8 Å². The van der Waals surface area contributed by atoms with E-state index in [-0.39, 0.29) is 12.1 Å². The minimum Gasteiger partial charge on any atom is -0.391 e. The maximum Gasteiger partial charge on any atom is 0.155 e. The number of hydrogen-bond donors (Lipinski definition) is 4. The Bertz CT molecular complexity index is 963. The topological polar surface area (TPSA) is 99.3 Å². The van der Waals surface area contributed by atoms with Gasteiger partial charge >= 0.3 is 0 Å². The number of rotatable bonds is 6. The molecule has 1 saturated carbocycles. The van der Waals surface area contributed by atoms with E-state index >= 15 is 0 Å². The lowest BCUT2D eigenvalue weighted by Crippen LogP contribution is -2.29. The Kier molecular flexibility index (Phi) is 5.27. The number of benzene rings is 1. The van der Waals surface area contributed by atoms with E-state index in [1.165, 1.54) is 0 Å². The van der Waals surface area contributed by atoms with Gasteiger partial charge in [0.2, 0.25) is 0 Å². The SMILES string of the molecule is CN(Cc1ccc2ncccc2c1)c1nc(N[C@@H]2CCC[C@H]2O)ccc1NN. The van der Waals surface area contributed by atoms with Gasteiger partial charge < -0.3 is 20.7 Å². The van der Waals surface area contributed by atoms with Crippen molar-refractivity contribution in [3.63, 3.8) is 0 Å². The molecule has 2 atom stereocenters. The van der Waals surface area contributed by atoms with Crippen molar-refractivity contribution in [2.75, 3.05) is 22.7 Å². The number of hydrazine groups is 1. The summed E-state index contributed by atoms with van der Waals surface area (Å²) in [5, 5.41) is 14.5. The minimum atomic E-state index is -0.318. The van der Waals surface area contributed by atoms with E-state index in [0.717, 1.165) is 53.1 Å². The summed E-state index contributed by atoms with van der Waals surface area (Å²) in [7, 11) is 1.99. The summed E-state index contributed by atoms with van der Waals surface area (Å²) in [6.07, 6.45) is 4.31. The third-order valence-electron chi connectivity index (χ3n) is 5.29. The average molecular weight is 378 g/mol. The van der Waals surface area contributed by atoms with Gasteiger partial charge in [-0.2, -0.15) is 0 Å². The van der Waals surface area contributed by atoms with Crippen LogP contribution in [0.25, 0.3) is 10.9 Å². The van der Waals surface area contributed by atoms with E-state index in [1.54, 1.807) is 6.20 Å². The van der Waals surface area contributed by atoms with Gasteiger partial charge in [0.25, 0.3) is 0 Å². The van der Waals surface area contributed by atoms with Gasteiger partial charge in [0.1, 0.15) is 5.82 Å². The molecule has 2 heterocycles. The third kappa shape index (κ3) is 3.85. The molecule has 5 N–H and O–H groups in total. The van der Waals surface area contributed by atoms with Crippen molar-refractivity contribution >= 4 is 28.2 Å². The van der Waals surface area contributed by atoms with Crippen molar-refractivity contribution in [3.05, 3.63) is 54.2 Å². The van der Waals surface area contributed by atoms with Crippen molar-refractivity contribution in [2.45, 2.75) is 38.0 Å². The van der Waals surface area contributed by atoms with Gasteiger partial charge in [-0.15, -0.1) is 0 Å². The number of anilines is 3. The summed E-state index contributed by atoms with van der Waals surface area (Å²) >= 11 is 0. The van der Waals surface area contributed by atoms with Gasteiger partial charge in [0.15, 0.2) is 5.82 Å². The molecule has 2 aromatic heterocycles. The van der Waals surface area contributed by atoms with E-state index in [4.69, 9.17) is 10.8 Å². The molecule has 0 bridgehead atoms. The van der Waals surface area contributed by atoms with Crippen LogP contribution in [0.3, 0.4) is 0 Å². The number of nitrogens with one attached hydrogen (secondary N) is 2. The Balaban J connectivity index is 1.55. The van der Waals surface area contributed by atoms with Crippen molar-refractivity contribution in [3.8, 4) is 0 Å². The van der Waals surface area contributed by atoms with E-state index in [0.29, 0.717) is 6.54 Å². The highest BCUT2D eigenvalue weighted by atomic mass is 16.3. The molecule has 4 rings (SSSR count). The van der Waals surface area contributed by atoms with Crippen LogP contribution >= 0.6 is 0 Å². The van der Waals surface area contributed by atoms with Crippen LogP contribution in [0.4, 0.5) is 17.3 Å². The molecular weight excluding hydrogens is 352 g/mol. The molecule has 146 valence electrons. The number of hydrogen-bond acceptors (Lipinski definition) is 7. The molecule has 1 aliphatic rings. The Morgan fingerprint density at radius 1 is 1.21 bits per heavy atom. The lowest BCUT2D eigenvalue weighted by molar-refractivity contribution is 0.171. The molecule has 7 nitrogen and oxygen atoms in total. The summed E-state index contributed by atoms with van der Waals surface area (Å²) in [6.45, 7) is 0.683. The average Bonchev–Trinajstić information content (AvgIpc) is 3.12. The standard InChI is InChI=1S/C21H26N6O/c1-27(13-14-7-8-16-15(12-14)4-3-11-23-16)21-18(26-22)9-10-20(25-21)24-17-5-2-6-19(17)28/h3-4,7-12,17,19,26,28H,2,5-6,13,22H2,1H3,(H,24,25)/t17-,19-/m1/s1. The fraction of sp³-hybridized carbons (Fsp3) is 0.333. The van der Waals surface area contributed by atoms with Crippen molar-refractivity contribution < 1.29 is 5.11 Å². The largest absolute Gasteiger partial charge is 0.391 e. The molecule has 1 aliphatic carbocycles. The fourth-order valence-corrected chi connectivity index (χ4v) is 3.80. The van der Waals surface area contributed by atoms with E-state index in [9.17, 15) is 5.11 Å². The van der Waals surface area contributed by atoms with Crippen LogP contribution in [0.5, 0.6) is 0 Å². The minimum absolute atomic E-state index is 0.0512. The van der Waals surface area contributed by atoms with Crippen LogP contribution in [0.1, 0.15) is 24.8 Å². The van der Waals surface area contributed by atoms with Gasteiger partial charge in [-0.25, -0.2) is 4.98 Å². The van der Waals surface area contributed by atoms with Gasteiger partial charge in [-0.1, -0.05) is 12.1 Å². The number of aliphatic hydroxyl groups is 1. The molecule has 0 amide bonds. The van der Waals surface area contributed by atoms with Crippen molar-refractivity contribution in [2.24, 2.45) is 5.84 Å². The van der Waals surface area contributed by atoms with Crippen LogP contribution < -0.4 is 21.5 Å².